The predicted octanol–water partition coefficient (Wildman–Crippen LogP) is -4.83. The number of carbonyl (C=O) groups is 1. The maximum absolute atomic E-state index is 13.7. The van der Waals surface area contributed by atoms with E-state index in [0.29, 0.717) is 59.7 Å². The van der Waals surface area contributed by atoms with Gasteiger partial charge in [-0.15, -0.1) is 12.3 Å². The van der Waals surface area contributed by atoms with Crippen molar-refractivity contribution >= 4 is 63.5 Å². The summed E-state index contributed by atoms with van der Waals surface area (Å²) in [5, 5.41) is 2.88. The molecule has 16 nitrogen and oxygen atoms in total. The maximum atomic E-state index is 13.7. The minimum absolute atomic E-state index is 0. The van der Waals surface area contributed by atoms with E-state index in [1.807, 2.05) is 37.2 Å². The Bertz CT molecular complexity index is 2720. The molecular formula is C42H50N3Na3O13S4. The summed E-state index contributed by atoms with van der Waals surface area (Å²) >= 11 is 0. The van der Waals surface area contributed by atoms with Crippen LogP contribution in [-0.2, 0) is 56.1 Å². The first-order valence-electron chi connectivity index (χ1n) is 19.7. The fraction of sp³-hybridized carbons (Fsp3) is 0.429. The first kappa shape index (κ1) is 61.6. The van der Waals surface area contributed by atoms with Crippen molar-refractivity contribution in [2.45, 2.75) is 93.3 Å². The zero-order valence-electron chi connectivity index (χ0n) is 37.8. The first-order chi connectivity index (χ1) is 28.7. The Kier molecular flexibility index (Phi) is 24.1. The van der Waals surface area contributed by atoms with E-state index in [1.165, 1.54) is 36.4 Å². The molecule has 2 aromatic carbocycles. The van der Waals surface area contributed by atoms with Crippen LogP contribution in [0.4, 0.5) is 11.4 Å². The average molecular weight is 1000 g/mol. The van der Waals surface area contributed by atoms with Crippen molar-refractivity contribution in [3.05, 3.63) is 95.3 Å². The van der Waals surface area contributed by atoms with Crippen molar-refractivity contribution in [1.82, 2.24) is 5.32 Å². The van der Waals surface area contributed by atoms with E-state index in [-0.39, 0.29) is 133 Å². The van der Waals surface area contributed by atoms with E-state index < -0.39 is 78.5 Å². The van der Waals surface area contributed by atoms with Crippen LogP contribution >= 0.6 is 0 Å². The molecule has 4 rings (SSSR count). The molecule has 0 radical (unpaired) electrons. The van der Waals surface area contributed by atoms with Crippen molar-refractivity contribution < 1.29 is 150 Å². The van der Waals surface area contributed by atoms with Crippen molar-refractivity contribution in [3.8, 4) is 12.3 Å². The molecule has 0 aromatic heterocycles. The topological polar surface area (TPSA) is 264 Å². The second-order valence-corrected chi connectivity index (χ2v) is 21.8. The van der Waals surface area contributed by atoms with Gasteiger partial charge >= 0.3 is 88.7 Å². The molecule has 0 atom stereocenters. The first-order valence-corrected chi connectivity index (χ1v) is 25.6. The number of benzene rings is 2. The Morgan fingerprint density at radius 2 is 1.32 bits per heavy atom. The quantitative estimate of drug-likeness (QED) is 0.0234. The van der Waals surface area contributed by atoms with Gasteiger partial charge in [0, 0.05) is 77.5 Å². The molecule has 0 fully saturated rings. The molecule has 2 aliphatic heterocycles. The van der Waals surface area contributed by atoms with Crippen LogP contribution in [0.1, 0.15) is 83.8 Å². The summed E-state index contributed by atoms with van der Waals surface area (Å²) in [6.45, 7) is 8.05. The molecule has 0 saturated carbocycles. The summed E-state index contributed by atoms with van der Waals surface area (Å²) < 4.78 is 141. The summed E-state index contributed by atoms with van der Waals surface area (Å²) in [6.07, 6.45) is 17.6. The van der Waals surface area contributed by atoms with E-state index >= 15 is 0 Å². The van der Waals surface area contributed by atoms with Crippen LogP contribution in [-0.4, -0.2) is 99.2 Å². The van der Waals surface area contributed by atoms with Crippen molar-refractivity contribution in [2.24, 2.45) is 0 Å². The van der Waals surface area contributed by atoms with E-state index in [9.17, 15) is 56.7 Å². The summed E-state index contributed by atoms with van der Waals surface area (Å²) in [4.78, 5) is 14.7. The number of amides is 1. The van der Waals surface area contributed by atoms with E-state index in [2.05, 4.69) is 11.2 Å². The molecule has 2 aromatic rings. The SMILES string of the molecule is C#CCCCCNC(=O)C(=C\C=C\C1=[N+](CCCCS(=O)(=O)[O-])c2ccc(S(=O)(=O)[O-])cc2C1(C)C)/C=C/C=C1/N(CCCCS(=O)(=O)[O-])c2ccc(S(=O)(=O)[O-])cc2C1(C)C.[Na+].[Na+].[Na+]. The van der Waals surface area contributed by atoms with Gasteiger partial charge in [-0.1, -0.05) is 26.0 Å². The Hall–Kier alpha value is -1.46. The summed E-state index contributed by atoms with van der Waals surface area (Å²) in [7, 11) is -18.5. The second kappa shape index (κ2) is 25.4. The molecular weight excluding hydrogens is 952 g/mol. The van der Waals surface area contributed by atoms with Gasteiger partial charge in [-0.3, -0.25) is 4.79 Å². The monoisotopic (exact) mass is 1000 g/mol. The van der Waals surface area contributed by atoms with Gasteiger partial charge < -0.3 is 28.4 Å². The van der Waals surface area contributed by atoms with Crippen LogP contribution in [0.25, 0.3) is 0 Å². The normalized spacial score (nSPS) is 16.4. The van der Waals surface area contributed by atoms with Crippen LogP contribution in [0.5, 0.6) is 0 Å². The second-order valence-electron chi connectivity index (χ2n) is 16.0. The van der Waals surface area contributed by atoms with Crippen molar-refractivity contribution in [1.29, 1.82) is 0 Å². The van der Waals surface area contributed by atoms with Crippen LogP contribution in [0, 0.1) is 12.3 Å². The largest absolute Gasteiger partial charge is 1.00 e. The predicted molar refractivity (Wildman–Crippen MR) is 230 cm³/mol. The summed E-state index contributed by atoms with van der Waals surface area (Å²) in [6, 6.07) is 7.98. The van der Waals surface area contributed by atoms with E-state index in [1.54, 1.807) is 36.5 Å². The number of unbranched alkanes of at least 4 members (excludes halogenated alkanes) is 4. The Labute approximate surface area is 450 Å². The molecule has 0 aliphatic carbocycles. The summed E-state index contributed by atoms with van der Waals surface area (Å²) in [5.74, 6) is 0.967. The van der Waals surface area contributed by atoms with Crippen LogP contribution < -0.4 is 98.9 Å². The smallest absolute Gasteiger partial charge is 0.748 e. The molecule has 338 valence electrons. The third-order valence-electron chi connectivity index (χ3n) is 10.7. The molecule has 0 spiro atoms. The van der Waals surface area contributed by atoms with Crippen LogP contribution in [0.2, 0.25) is 0 Å². The Balaban J connectivity index is 0.00000704. The molecule has 0 saturated heterocycles. The summed E-state index contributed by atoms with van der Waals surface area (Å²) in [5.41, 5.74) is 1.85. The number of hydrogen-bond donors (Lipinski definition) is 1. The third-order valence-corrected chi connectivity index (χ3v) is 14.0. The van der Waals surface area contributed by atoms with Gasteiger partial charge in [0.25, 0.3) is 5.91 Å². The molecule has 0 bridgehead atoms. The minimum atomic E-state index is -4.80. The number of hydrogen-bond acceptors (Lipinski definition) is 14. The van der Waals surface area contributed by atoms with Gasteiger partial charge in [-0.2, -0.15) is 4.58 Å². The number of allylic oxidation sites excluding steroid dienone is 6. The standard InChI is InChI=1S/C42H53N3O13S4.3Na/c1-6-7-8-9-24-43-40(46)31(16-14-18-38-41(2,3)34-29-32(61(53,54)55)20-22-36(34)44(38)25-10-12-27-59(47,48)49)17-15-19-39-42(4,5)35-30-33(62(56,57)58)21-23-37(35)45(39)26-11-13-28-60(50,51)52;;;/h1,14-23,29-30H,7-13,24-28H2,2-5H3,(H4-,43,46,47,48,49,50,51,52,53,54,55,56,57,58);;;/q;3*+1/p-3. The Morgan fingerprint density at radius 1 is 0.754 bits per heavy atom. The zero-order chi connectivity index (χ0) is 46.3. The zero-order valence-corrected chi connectivity index (χ0v) is 47.1. The number of nitrogens with zero attached hydrogens (tertiary/aromatic N) is 2. The minimum Gasteiger partial charge on any atom is -0.748 e. The van der Waals surface area contributed by atoms with E-state index in [4.69, 9.17) is 6.42 Å². The molecule has 1 N–H and O–H groups in total. The van der Waals surface area contributed by atoms with Gasteiger partial charge in [0.05, 0.1) is 35.4 Å². The maximum Gasteiger partial charge on any atom is 1.00 e. The van der Waals surface area contributed by atoms with Gasteiger partial charge in [-0.05, 0) is 100 Å². The van der Waals surface area contributed by atoms with E-state index in [0.717, 1.165) is 0 Å². The van der Waals surface area contributed by atoms with Gasteiger partial charge in [0.1, 0.15) is 26.8 Å². The molecule has 2 heterocycles. The number of carbonyl (C=O) groups excluding carboxylic acids is 1. The molecule has 0 unspecified atom stereocenters. The Morgan fingerprint density at radius 3 is 1.89 bits per heavy atom. The van der Waals surface area contributed by atoms with Gasteiger partial charge in [0.15, 0.2) is 5.71 Å². The number of nitrogens with one attached hydrogen (secondary N) is 1. The van der Waals surface area contributed by atoms with Crippen LogP contribution in [0.3, 0.4) is 0 Å². The fourth-order valence-electron chi connectivity index (χ4n) is 7.55. The van der Waals surface area contributed by atoms with Gasteiger partial charge in [-0.25, -0.2) is 33.7 Å². The van der Waals surface area contributed by atoms with Crippen molar-refractivity contribution in [3.63, 3.8) is 0 Å². The van der Waals surface area contributed by atoms with Crippen molar-refractivity contribution in [2.75, 3.05) is 36.0 Å². The molecule has 1 amide bonds. The number of fused-ring (bicyclic) bond motifs is 2. The third kappa shape index (κ3) is 17.2. The number of anilines is 1. The number of rotatable bonds is 21. The number of terminal acetylenes is 1. The average Bonchev–Trinajstić information content (AvgIpc) is 3.50. The molecule has 23 heteroatoms. The van der Waals surface area contributed by atoms with Crippen LogP contribution in [0.15, 0.2) is 93.9 Å². The van der Waals surface area contributed by atoms with Gasteiger partial charge in [0.2, 0.25) is 5.69 Å². The fourth-order valence-corrected chi connectivity index (χ4v) is 9.66. The molecule has 65 heavy (non-hydrogen) atoms. The molecule has 2 aliphatic rings.